The predicted octanol–water partition coefficient (Wildman–Crippen LogP) is 5.31. The minimum Gasteiger partial charge on any atom is -0.321 e. The number of hydrogen-bond donors (Lipinski definition) is 1. The summed E-state index contributed by atoms with van der Waals surface area (Å²) in [6.45, 7) is 2.06. The van der Waals surface area contributed by atoms with Gasteiger partial charge in [-0.1, -0.05) is 79.3 Å². The van der Waals surface area contributed by atoms with E-state index in [9.17, 15) is 14.9 Å². The number of thioether (sulfide) groups is 1. The van der Waals surface area contributed by atoms with Crippen LogP contribution in [0.25, 0.3) is 0 Å². The molecule has 6 heteroatoms. The molecule has 1 unspecified atom stereocenters. The summed E-state index contributed by atoms with van der Waals surface area (Å²) < 4.78 is 0. The van der Waals surface area contributed by atoms with Crippen LogP contribution < -0.4 is 10.2 Å². The second-order valence-corrected chi connectivity index (χ2v) is 8.79. The van der Waals surface area contributed by atoms with Crippen molar-refractivity contribution in [2.75, 3.05) is 10.2 Å². The number of nitrogens with one attached hydrogen (secondary N) is 1. The van der Waals surface area contributed by atoms with Gasteiger partial charge in [-0.15, -0.1) is 0 Å². The molecule has 164 valence electrons. The Morgan fingerprint density at radius 1 is 0.970 bits per heavy atom. The summed E-state index contributed by atoms with van der Waals surface area (Å²) >= 11 is 1.27. The Hall–Kier alpha value is -3.82. The molecule has 0 radical (unpaired) electrons. The van der Waals surface area contributed by atoms with Crippen molar-refractivity contribution >= 4 is 35.0 Å². The SMILES string of the molecule is CCc1ccc(N2C(=O)C(Cc3ccccc3)S/C2=C(/C#N)C(=O)Nc2ccccc2)cc1. The summed E-state index contributed by atoms with van der Waals surface area (Å²) in [4.78, 5) is 28.1. The van der Waals surface area contributed by atoms with Gasteiger partial charge in [0.1, 0.15) is 16.7 Å². The van der Waals surface area contributed by atoms with E-state index in [-0.39, 0.29) is 11.5 Å². The topological polar surface area (TPSA) is 73.2 Å². The molecule has 2 amide bonds. The second-order valence-electron chi connectivity index (χ2n) is 7.60. The van der Waals surface area contributed by atoms with Gasteiger partial charge in [0.2, 0.25) is 5.91 Å². The third-order valence-electron chi connectivity index (χ3n) is 5.40. The molecule has 3 aromatic rings. The lowest BCUT2D eigenvalue weighted by Crippen LogP contribution is -2.30. The summed E-state index contributed by atoms with van der Waals surface area (Å²) in [6, 6.07) is 28.4. The van der Waals surface area contributed by atoms with Crippen molar-refractivity contribution < 1.29 is 9.59 Å². The first-order valence-corrected chi connectivity index (χ1v) is 11.6. The number of rotatable bonds is 6. The Morgan fingerprint density at radius 2 is 1.61 bits per heavy atom. The van der Waals surface area contributed by atoms with Crippen LogP contribution in [-0.2, 0) is 22.4 Å². The highest BCUT2D eigenvalue weighted by molar-refractivity contribution is 8.05. The number of carbonyl (C=O) groups excluding carboxylic acids is 2. The standard InChI is InChI=1S/C27H23N3O2S/c1-2-19-13-15-22(16-14-19)30-26(32)24(17-20-9-5-3-6-10-20)33-27(30)23(18-28)25(31)29-21-11-7-4-8-12-21/h3-16,24H,2,17H2,1H3,(H,29,31)/b27-23-. The molecular formula is C27H23N3O2S. The van der Waals surface area contributed by atoms with Gasteiger partial charge in [-0.05, 0) is 48.2 Å². The minimum atomic E-state index is -0.533. The first-order valence-electron chi connectivity index (χ1n) is 10.7. The quantitative estimate of drug-likeness (QED) is 0.405. The summed E-state index contributed by atoms with van der Waals surface area (Å²) in [6.07, 6.45) is 1.39. The van der Waals surface area contributed by atoms with Crippen LogP contribution in [0.2, 0.25) is 0 Å². The minimum absolute atomic E-state index is 0.0765. The van der Waals surface area contributed by atoms with Crippen LogP contribution in [0.15, 0.2) is 95.5 Å². The normalized spacial score (nSPS) is 16.9. The van der Waals surface area contributed by atoms with Gasteiger partial charge >= 0.3 is 0 Å². The zero-order valence-electron chi connectivity index (χ0n) is 18.2. The maximum absolute atomic E-state index is 13.5. The summed E-state index contributed by atoms with van der Waals surface area (Å²) in [5.41, 5.74) is 3.33. The number of amides is 2. The molecule has 1 N–H and O–H groups in total. The Kier molecular flexibility index (Phi) is 6.92. The van der Waals surface area contributed by atoms with E-state index >= 15 is 0 Å². The number of carbonyl (C=O) groups is 2. The lowest BCUT2D eigenvalue weighted by atomic mass is 10.1. The zero-order chi connectivity index (χ0) is 23.2. The number of nitrogens with zero attached hydrogens (tertiary/aromatic N) is 2. The van der Waals surface area contributed by atoms with Crippen LogP contribution >= 0.6 is 11.8 Å². The fraction of sp³-hybridized carbons (Fsp3) is 0.148. The Morgan fingerprint density at radius 3 is 2.21 bits per heavy atom. The van der Waals surface area contributed by atoms with E-state index in [4.69, 9.17) is 0 Å². The first-order chi connectivity index (χ1) is 16.1. The summed E-state index contributed by atoms with van der Waals surface area (Å²) in [5.74, 6) is -0.669. The number of anilines is 2. The molecule has 0 aliphatic carbocycles. The van der Waals surface area contributed by atoms with E-state index < -0.39 is 11.2 Å². The van der Waals surface area contributed by atoms with Crippen LogP contribution in [0.5, 0.6) is 0 Å². The molecule has 1 atom stereocenters. The molecule has 0 bridgehead atoms. The number of aryl methyl sites for hydroxylation is 1. The van der Waals surface area contributed by atoms with Gasteiger partial charge < -0.3 is 5.32 Å². The Bertz CT molecular complexity index is 1220. The van der Waals surface area contributed by atoms with Crippen LogP contribution in [0.3, 0.4) is 0 Å². The second kappa shape index (κ2) is 10.2. The fourth-order valence-electron chi connectivity index (χ4n) is 3.65. The molecule has 5 nitrogen and oxygen atoms in total. The molecule has 3 aromatic carbocycles. The monoisotopic (exact) mass is 453 g/mol. The smallest absolute Gasteiger partial charge is 0.269 e. The van der Waals surface area contributed by atoms with Gasteiger partial charge in [0.15, 0.2) is 0 Å². The van der Waals surface area contributed by atoms with Crippen molar-refractivity contribution in [3.05, 3.63) is 107 Å². The largest absolute Gasteiger partial charge is 0.321 e. The van der Waals surface area contributed by atoms with Crippen molar-refractivity contribution in [2.45, 2.75) is 25.0 Å². The maximum Gasteiger partial charge on any atom is 0.269 e. The highest BCUT2D eigenvalue weighted by Crippen LogP contribution is 2.42. The van der Waals surface area contributed by atoms with Crippen LogP contribution in [0.4, 0.5) is 11.4 Å². The highest BCUT2D eigenvalue weighted by atomic mass is 32.2. The van der Waals surface area contributed by atoms with Crippen LogP contribution in [-0.4, -0.2) is 17.1 Å². The van der Waals surface area contributed by atoms with Crippen molar-refractivity contribution in [1.82, 2.24) is 0 Å². The number of hydrogen-bond acceptors (Lipinski definition) is 4. The van der Waals surface area contributed by atoms with Gasteiger partial charge in [0, 0.05) is 11.4 Å². The lowest BCUT2D eigenvalue weighted by molar-refractivity contribution is -0.117. The van der Waals surface area contributed by atoms with Crippen molar-refractivity contribution in [3.8, 4) is 6.07 Å². The number of benzene rings is 3. The Balaban J connectivity index is 1.72. The Labute approximate surface area is 197 Å². The molecule has 4 rings (SSSR count). The van der Waals surface area contributed by atoms with Crippen molar-refractivity contribution in [3.63, 3.8) is 0 Å². The number of nitriles is 1. The average molecular weight is 454 g/mol. The molecule has 1 aliphatic heterocycles. The molecule has 33 heavy (non-hydrogen) atoms. The van der Waals surface area contributed by atoms with Gasteiger partial charge in [0.05, 0.1) is 5.25 Å². The van der Waals surface area contributed by atoms with Gasteiger partial charge in [-0.25, -0.2) is 0 Å². The summed E-state index contributed by atoms with van der Waals surface area (Å²) in [7, 11) is 0. The molecular weight excluding hydrogens is 430 g/mol. The van der Waals surface area contributed by atoms with E-state index in [0.717, 1.165) is 17.5 Å². The zero-order valence-corrected chi connectivity index (χ0v) is 19.0. The molecule has 0 aromatic heterocycles. The van der Waals surface area contributed by atoms with Crippen LogP contribution in [0, 0.1) is 11.3 Å². The van der Waals surface area contributed by atoms with Gasteiger partial charge in [-0.2, -0.15) is 5.26 Å². The van der Waals surface area contributed by atoms with Crippen LogP contribution in [0.1, 0.15) is 18.1 Å². The van der Waals surface area contributed by atoms with E-state index in [0.29, 0.717) is 22.8 Å². The molecule has 1 heterocycles. The van der Waals surface area contributed by atoms with E-state index in [2.05, 4.69) is 12.2 Å². The predicted molar refractivity (Wildman–Crippen MR) is 133 cm³/mol. The average Bonchev–Trinajstić information content (AvgIpc) is 3.16. The molecule has 0 spiro atoms. The fourth-order valence-corrected chi connectivity index (χ4v) is 4.95. The van der Waals surface area contributed by atoms with Crippen molar-refractivity contribution in [1.29, 1.82) is 5.26 Å². The first kappa shape index (κ1) is 22.4. The maximum atomic E-state index is 13.5. The van der Waals surface area contributed by atoms with Crippen molar-refractivity contribution in [2.24, 2.45) is 0 Å². The molecule has 1 aliphatic rings. The van der Waals surface area contributed by atoms with Gasteiger partial charge in [-0.3, -0.25) is 14.5 Å². The molecule has 1 saturated heterocycles. The highest BCUT2D eigenvalue weighted by Gasteiger charge is 2.40. The van der Waals surface area contributed by atoms with Gasteiger partial charge in [0.25, 0.3) is 5.91 Å². The molecule has 1 fully saturated rings. The molecule has 0 saturated carbocycles. The summed E-state index contributed by atoms with van der Waals surface area (Å²) in [5, 5.41) is 12.6. The third-order valence-corrected chi connectivity index (χ3v) is 6.67. The van der Waals surface area contributed by atoms with E-state index in [1.165, 1.54) is 16.7 Å². The number of para-hydroxylation sites is 1. The third kappa shape index (κ3) is 5.00. The van der Waals surface area contributed by atoms with E-state index in [1.54, 1.807) is 24.3 Å². The lowest BCUT2D eigenvalue weighted by Gasteiger charge is -2.19. The van der Waals surface area contributed by atoms with E-state index in [1.807, 2.05) is 66.7 Å².